The Kier molecular flexibility index (Phi) is 6.99. The van der Waals surface area contributed by atoms with Crippen LogP contribution in [-0.2, 0) is 17.9 Å². The van der Waals surface area contributed by atoms with Gasteiger partial charge in [-0.2, -0.15) is 0 Å². The third-order valence-corrected chi connectivity index (χ3v) is 4.93. The summed E-state index contributed by atoms with van der Waals surface area (Å²) in [4.78, 5) is 14.2. The number of hydrogen-bond acceptors (Lipinski definition) is 1. The fourth-order valence-corrected chi connectivity index (χ4v) is 3.53. The lowest BCUT2D eigenvalue weighted by molar-refractivity contribution is -0.872. The van der Waals surface area contributed by atoms with Crippen molar-refractivity contribution in [1.29, 1.82) is 0 Å². The predicted octanol–water partition coefficient (Wildman–Crippen LogP) is 3.17. The molecule has 3 nitrogen and oxygen atoms in total. The van der Waals surface area contributed by atoms with Crippen LogP contribution in [0.1, 0.15) is 34.6 Å². The zero-order valence-electron chi connectivity index (χ0n) is 16.7. The number of benzene rings is 3. The number of carbonyl (C=O) groups excluding carboxylic acids is 1. The molecule has 0 radical (unpaired) electrons. The number of rotatable bonds is 8. The third kappa shape index (κ3) is 5.54. The van der Waals surface area contributed by atoms with E-state index in [-0.39, 0.29) is 11.8 Å². The number of quaternary nitrogens is 1. The minimum atomic E-state index is 0.0591. The van der Waals surface area contributed by atoms with E-state index in [1.165, 1.54) is 27.2 Å². The summed E-state index contributed by atoms with van der Waals surface area (Å²) in [6, 6.07) is 28.9. The number of hydrogen-bond donors (Lipinski definition) is 2. The van der Waals surface area contributed by atoms with Crippen molar-refractivity contribution >= 4 is 5.91 Å². The molecule has 0 spiro atoms. The Labute approximate surface area is 168 Å². The summed E-state index contributed by atoms with van der Waals surface area (Å²) < 4.78 is 0. The Bertz CT molecular complexity index is 836. The van der Waals surface area contributed by atoms with E-state index in [2.05, 4.69) is 61.9 Å². The maximum atomic E-state index is 12.8. The Balaban J connectivity index is 1.70. The summed E-state index contributed by atoms with van der Waals surface area (Å²) in [6.07, 6.45) is 0.440. The average molecular weight is 374 g/mol. The van der Waals surface area contributed by atoms with E-state index in [0.717, 1.165) is 6.54 Å². The van der Waals surface area contributed by atoms with Gasteiger partial charge in [0.25, 0.3) is 0 Å². The van der Waals surface area contributed by atoms with Gasteiger partial charge in [-0.1, -0.05) is 84.9 Å². The van der Waals surface area contributed by atoms with Crippen LogP contribution in [-0.4, -0.2) is 20.0 Å². The lowest BCUT2D eigenvalue weighted by Crippen LogP contribution is -3.04. The van der Waals surface area contributed by atoms with Crippen molar-refractivity contribution in [2.24, 2.45) is 0 Å². The summed E-state index contributed by atoms with van der Waals surface area (Å²) in [5, 5.41) is 3.13. The Morgan fingerprint density at radius 3 is 1.82 bits per heavy atom. The number of amides is 1. The first kappa shape index (κ1) is 19.8. The predicted molar refractivity (Wildman–Crippen MR) is 114 cm³/mol. The molecular formula is C25H29N2O+. The van der Waals surface area contributed by atoms with Crippen molar-refractivity contribution in [2.75, 3.05) is 14.1 Å². The second kappa shape index (κ2) is 9.86. The molecule has 0 saturated carbocycles. The van der Waals surface area contributed by atoms with Crippen molar-refractivity contribution < 1.29 is 9.69 Å². The van der Waals surface area contributed by atoms with Crippen molar-refractivity contribution in [3.63, 3.8) is 0 Å². The van der Waals surface area contributed by atoms with Gasteiger partial charge in [0.1, 0.15) is 6.54 Å². The van der Waals surface area contributed by atoms with Crippen molar-refractivity contribution in [3.8, 4) is 0 Å². The van der Waals surface area contributed by atoms with Crippen LogP contribution in [0.2, 0.25) is 0 Å². The van der Waals surface area contributed by atoms with Crippen LogP contribution >= 0.6 is 0 Å². The zero-order valence-corrected chi connectivity index (χ0v) is 16.7. The molecule has 1 amide bonds. The first-order valence-electron chi connectivity index (χ1n) is 9.86. The van der Waals surface area contributed by atoms with Gasteiger partial charge in [0.15, 0.2) is 0 Å². The molecule has 3 aromatic carbocycles. The van der Waals surface area contributed by atoms with Crippen molar-refractivity contribution in [1.82, 2.24) is 5.32 Å². The fourth-order valence-electron chi connectivity index (χ4n) is 3.53. The maximum Gasteiger partial charge on any atom is 0.221 e. The minimum absolute atomic E-state index is 0.0591. The lowest BCUT2D eigenvalue weighted by Gasteiger charge is -2.18. The lowest BCUT2D eigenvalue weighted by atomic mass is 9.88. The molecule has 0 bridgehead atoms. The summed E-state index contributed by atoms with van der Waals surface area (Å²) in [6.45, 7) is 1.52. The van der Waals surface area contributed by atoms with Crippen LogP contribution in [0.15, 0.2) is 84.9 Å². The Hall–Kier alpha value is -2.91. The molecule has 144 valence electrons. The standard InChI is InChI=1S/C25H28N2O/c1-27(2)19-23-16-10-9-15-22(23)18-26-25(28)17-24(20-11-5-3-6-12-20)21-13-7-4-8-14-21/h3-16,24H,17-19H2,1-2H3,(H,26,28)/p+1. The highest BCUT2D eigenvalue weighted by Crippen LogP contribution is 2.27. The average Bonchev–Trinajstić information content (AvgIpc) is 2.72. The van der Waals surface area contributed by atoms with Gasteiger partial charge < -0.3 is 10.2 Å². The Morgan fingerprint density at radius 1 is 0.786 bits per heavy atom. The van der Waals surface area contributed by atoms with E-state index in [4.69, 9.17) is 0 Å². The topological polar surface area (TPSA) is 33.5 Å². The molecule has 0 fully saturated rings. The van der Waals surface area contributed by atoms with Crippen LogP contribution in [0.25, 0.3) is 0 Å². The molecule has 0 aliphatic heterocycles. The second-order valence-electron chi connectivity index (χ2n) is 7.51. The molecular weight excluding hydrogens is 344 g/mol. The van der Waals surface area contributed by atoms with Crippen LogP contribution < -0.4 is 10.2 Å². The van der Waals surface area contributed by atoms with Gasteiger partial charge >= 0.3 is 0 Å². The van der Waals surface area contributed by atoms with E-state index in [1.807, 2.05) is 42.5 Å². The zero-order chi connectivity index (χ0) is 19.8. The molecule has 3 heteroatoms. The molecule has 0 unspecified atom stereocenters. The highest BCUT2D eigenvalue weighted by Gasteiger charge is 2.18. The molecule has 28 heavy (non-hydrogen) atoms. The molecule has 0 heterocycles. The molecule has 0 saturated heterocycles. The van der Waals surface area contributed by atoms with Gasteiger partial charge in [0.2, 0.25) is 5.91 Å². The SMILES string of the molecule is C[NH+](C)Cc1ccccc1CNC(=O)CC(c1ccccc1)c1ccccc1. The van der Waals surface area contributed by atoms with Gasteiger partial charge in [-0.15, -0.1) is 0 Å². The van der Waals surface area contributed by atoms with Crippen LogP contribution in [0.5, 0.6) is 0 Å². The molecule has 0 aromatic heterocycles. The molecule has 0 aliphatic rings. The van der Waals surface area contributed by atoms with Gasteiger partial charge in [-0.05, 0) is 16.7 Å². The summed E-state index contributed by atoms with van der Waals surface area (Å²) in [5.74, 6) is 0.133. The van der Waals surface area contributed by atoms with E-state index < -0.39 is 0 Å². The molecule has 2 N–H and O–H groups in total. The molecule has 3 rings (SSSR count). The van der Waals surface area contributed by atoms with E-state index in [9.17, 15) is 4.79 Å². The number of nitrogens with one attached hydrogen (secondary N) is 2. The van der Waals surface area contributed by atoms with Crippen LogP contribution in [0.3, 0.4) is 0 Å². The van der Waals surface area contributed by atoms with Gasteiger partial charge in [-0.3, -0.25) is 4.79 Å². The fraction of sp³-hybridized carbons (Fsp3) is 0.240. The van der Waals surface area contributed by atoms with Gasteiger partial charge in [0.05, 0.1) is 14.1 Å². The largest absolute Gasteiger partial charge is 0.352 e. The highest BCUT2D eigenvalue weighted by molar-refractivity contribution is 5.77. The smallest absolute Gasteiger partial charge is 0.221 e. The first-order chi connectivity index (χ1) is 13.6. The second-order valence-corrected chi connectivity index (χ2v) is 7.51. The third-order valence-electron chi connectivity index (χ3n) is 4.93. The van der Waals surface area contributed by atoms with E-state index in [0.29, 0.717) is 13.0 Å². The maximum absolute atomic E-state index is 12.8. The quantitative estimate of drug-likeness (QED) is 0.625. The summed E-state index contributed by atoms with van der Waals surface area (Å²) in [5.41, 5.74) is 4.81. The first-order valence-corrected chi connectivity index (χ1v) is 9.86. The Morgan fingerprint density at radius 2 is 1.29 bits per heavy atom. The van der Waals surface area contributed by atoms with E-state index >= 15 is 0 Å². The van der Waals surface area contributed by atoms with Crippen LogP contribution in [0.4, 0.5) is 0 Å². The minimum Gasteiger partial charge on any atom is -0.352 e. The van der Waals surface area contributed by atoms with Crippen molar-refractivity contribution in [3.05, 3.63) is 107 Å². The normalized spacial score (nSPS) is 11.0. The van der Waals surface area contributed by atoms with Crippen molar-refractivity contribution in [2.45, 2.75) is 25.4 Å². The van der Waals surface area contributed by atoms with Gasteiger partial charge in [-0.25, -0.2) is 0 Å². The monoisotopic (exact) mass is 373 g/mol. The molecule has 3 aromatic rings. The molecule has 0 aliphatic carbocycles. The number of carbonyl (C=O) groups is 1. The van der Waals surface area contributed by atoms with E-state index in [1.54, 1.807) is 0 Å². The summed E-state index contributed by atoms with van der Waals surface area (Å²) >= 11 is 0. The summed E-state index contributed by atoms with van der Waals surface area (Å²) in [7, 11) is 4.28. The van der Waals surface area contributed by atoms with Crippen LogP contribution in [0, 0.1) is 0 Å². The highest BCUT2D eigenvalue weighted by atomic mass is 16.1. The van der Waals surface area contributed by atoms with Gasteiger partial charge in [0, 0.05) is 24.4 Å². The molecule has 0 atom stereocenters.